The Labute approximate surface area is 139 Å². The molecule has 3 nitrogen and oxygen atoms in total. The Hall–Kier alpha value is -2.00. The van der Waals surface area contributed by atoms with Crippen molar-refractivity contribution < 1.29 is 0 Å². The van der Waals surface area contributed by atoms with Crippen LogP contribution < -0.4 is 0 Å². The average Bonchev–Trinajstić information content (AvgIpc) is 2.90. The van der Waals surface area contributed by atoms with Crippen molar-refractivity contribution in [3.63, 3.8) is 0 Å². The molecule has 3 heteroatoms. The molecule has 1 aromatic heterocycles. The predicted octanol–water partition coefficient (Wildman–Crippen LogP) is 3.85. The van der Waals surface area contributed by atoms with E-state index in [1.807, 2.05) is 6.20 Å². The molecule has 23 heavy (non-hydrogen) atoms. The van der Waals surface area contributed by atoms with E-state index < -0.39 is 0 Å². The molecule has 0 unspecified atom stereocenters. The van der Waals surface area contributed by atoms with Crippen LogP contribution in [0.5, 0.6) is 0 Å². The highest BCUT2D eigenvalue weighted by atomic mass is 15.0. The first-order chi connectivity index (χ1) is 11.1. The molecular weight excluding hydrogens is 282 g/mol. The lowest BCUT2D eigenvalue weighted by atomic mass is 9.90. The number of hydrogen-bond acceptors (Lipinski definition) is 3. The third kappa shape index (κ3) is 3.35. The highest BCUT2D eigenvalue weighted by Gasteiger charge is 2.26. The van der Waals surface area contributed by atoms with Crippen molar-refractivity contribution >= 4 is 5.57 Å². The van der Waals surface area contributed by atoms with E-state index in [0.717, 1.165) is 25.1 Å². The first-order valence-electron chi connectivity index (χ1n) is 8.28. The Morgan fingerprint density at radius 1 is 1.22 bits per heavy atom. The first-order valence-corrected chi connectivity index (χ1v) is 8.28. The number of aromatic nitrogens is 2. The van der Waals surface area contributed by atoms with Gasteiger partial charge in [-0.15, -0.1) is 0 Å². The Morgan fingerprint density at radius 3 is 2.74 bits per heavy atom. The van der Waals surface area contributed by atoms with Crippen molar-refractivity contribution in [1.82, 2.24) is 14.9 Å². The summed E-state index contributed by atoms with van der Waals surface area (Å²) < 4.78 is 0. The van der Waals surface area contributed by atoms with Gasteiger partial charge in [-0.25, -0.2) is 0 Å². The van der Waals surface area contributed by atoms with Crippen LogP contribution in [0.25, 0.3) is 5.57 Å². The van der Waals surface area contributed by atoms with Gasteiger partial charge in [-0.05, 0) is 50.6 Å². The van der Waals surface area contributed by atoms with Crippen LogP contribution in [0.1, 0.15) is 41.6 Å². The highest BCUT2D eigenvalue weighted by molar-refractivity contribution is 5.80. The minimum Gasteiger partial charge on any atom is -0.309 e. The topological polar surface area (TPSA) is 29.0 Å². The second-order valence-corrected chi connectivity index (χ2v) is 6.76. The van der Waals surface area contributed by atoms with Crippen LogP contribution in [0.4, 0.5) is 0 Å². The third-order valence-electron chi connectivity index (χ3n) is 4.66. The highest BCUT2D eigenvalue weighted by Crippen LogP contribution is 2.42. The van der Waals surface area contributed by atoms with Crippen molar-refractivity contribution in [1.29, 1.82) is 0 Å². The summed E-state index contributed by atoms with van der Waals surface area (Å²) in [5.41, 5.74) is 8.27. The molecule has 0 radical (unpaired) electrons. The van der Waals surface area contributed by atoms with E-state index in [1.54, 1.807) is 18.0 Å². The Morgan fingerprint density at radius 2 is 2.04 bits per heavy atom. The zero-order valence-electron chi connectivity index (χ0n) is 14.5. The van der Waals surface area contributed by atoms with Crippen LogP contribution in [0, 0.1) is 6.92 Å². The molecule has 0 fully saturated rings. The standard InChI is InChI=1S/C20H25N3/c1-14-5-6-18-17(11-14)12-16(7-10-23(3)4)20(18)15(2)19-13-21-8-9-22-19/h5-6,8-9,11,13,15H,7,10,12H2,1-4H3/t15-/m0/s1. The van der Waals surface area contributed by atoms with Gasteiger partial charge in [-0.2, -0.15) is 0 Å². The second-order valence-electron chi connectivity index (χ2n) is 6.76. The second kappa shape index (κ2) is 6.63. The van der Waals surface area contributed by atoms with Crippen LogP contribution in [0.3, 0.4) is 0 Å². The quantitative estimate of drug-likeness (QED) is 0.840. The maximum absolute atomic E-state index is 4.54. The molecule has 0 amide bonds. The average molecular weight is 307 g/mol. The molecule has 2 aromatic rings. The fourth-order valence-electron chi connectivity index (χ4n) is 3.45. The molecule has 120 valence electrons. The lowest BCUT2D eigenvalue weighted by molar-refractivity contribution is 0.412. The molecule has 0 spiro atoms. The molecule has 0 saturated heterocycles. The van der Waals surface area contributed by atoms with Crippen molar-refractivity contribution in [2.24, 2.45) is 0 Å². The zero-order chi connectivity index (χ0) is 16.4. The van der Waals surface area contributed by atoms with Gasteiger partial charge in [0.15, 0.2) is 0 Å². The van der Waals surface area contributed by atoms with Crippen LogP contribution in [0.2, 0.25) is 0 Å². The van der Waals surface area contributed by atoms with Crippen molar-refractivity contribution in [3.05, 3.63) is 64.7 Å². The molecular formula is C20H25N3. The molecule has 1 atom stereocenters. The van der Waals surface area contributed by atoms with Crippen LogP contribution >= 0.6 is 0 Å². The summed E-state index contributed by atoms with van der Waals surface area (Å²) in [5, 5.41) is 0. The van der Waals surface area contributed by atoms with Gasteiger partial charge in [0.1, 0.15) is 0 Å². The minimum absolute atomic E-state index is 0.282. The fourth-order valence-corrected chi connectivity index (χ4v) is 3.45. The van der Waals surface area contributed by atoms with E-state index in [9.17, 15) is 0 Å². The van der Waals surface area contributed by atoms with Crippen molar-refractivity contribution in [2.75, 3.05) is 20.6 Å². The van der Waals surface area contributed by atoms with Crippen molar-refractivity contribution in [2.45, 2.75) is 32.6 Å². The van der Waals surface area contributed by atoms with E-state index in [2.05, 4.69) is 61.0 Å². The van der Waals surface area contributed by atoms with Crippen LogP contribution in [-0.2, 0) is 6.42 Å². The molecule has 0 N–H and O–H groups in total. The summed E-state index contributed by atoms with van der Waals surface area (Å²) in [7, 11) is 4.27. The number of aryl methyl sites for hydroxylation is 1. The van der Waals surface area contributed by atoms with Gasteiger partial charge in [0.25, 0.3) is 0 Å². The van der Waals surface area contributed by atoms with Crippen molar-refractivity contribution in [3.8, 4) is 0 Å². The third-order valence-corrected chi connectivity index (χ3v) is 4.66. The summed E-state index contributed by atoms with van der Waals surface area (Å²) >= 11 is 0. The summed E-state index contributed by atoms with van der Waals surface area (Å²) in [4.78, 5) is 11.0. The predicted molar refractivity (Wildman–Crippen MR) is 95.4 cm³/mol. The Kier molecular flexibility index (Phi) is 4.58. The van der Waals surface area contributed by atoms with Gasteiger partial charge in [-0.1, -0.05) is 36.3 Å². The van der Waals surface area contributed by atoms with Gasteiger partial charge in [0.05, 0.1) is 5.69 Å². The van der Waals surface area contributed by atoms with Gasteiger partial charge >= 0.3 is 0 Å². The minimum atomic E-state index is 0.282. The summed E-state index contributed by atoms with van der Waals surface area (Å²) in [6.45, 7) is 5.51. The van der Waals surface area contributed by atoms with E-state index in [1.165, 1.54) is 22.3 Å². The molecule has 1 aliphatic rings. The summed E-state index contributed by atoms with van der Waals surface area (Å²) in [6, 6.07) is 6.84. The van der Waals surface area contributed by atoms with Gasteiger partial charge in [0, 0.05) is 31.1 Å². The fraction of sp³-hybridized carbons (Fsp3) is 0.400. The Bertz CT molecular complexity index is 717. The number of rotatable bonds is 5. The molecule has 0 bridgehead atoms. The van der Waals surface area contributed by atoms with E-state index in [0.29, 0.717) is 0 Å². The van der Waals surface area contributed by atoms with E-state index in [4.69, 9.17) is 0 Å². The molecule has 0 saturated carbocycles. The molecule has 1 aromatic carbocycles. The van der Waals surface area contributed by atoms with E-state index in [-0.39, 0.29) is 5.92 Å². The smallest absolute Gasteiger partial charge is 0.0658 e. The normalized spacial score (nSPS) is 15.2. The number of hydrogen-bond donors (Lipinski definition) is 0. The van der Waals surface area contributed by atoms with Crippen LogP contribution in [-0.4, -0.2) is 35.5 Å². The van der Waals surface area contributed by atoms with Gasteiger partial charge < -0.3 is 4.90 Å². The first kappa shape index (κ1) is 15.9. The SMILES string of the molecule is Cc1ccc2c(c1)CC(CCN(C)C)=C2[C@@H](C)c1cnccn1. The monoisotopic (exact) mass is 307 g/mol. The maximum Gasteiger partial charge on any atom is 0.0658 e. The number of allylic oxidation sites excluding steroid dienone is 1. The summed E-state index contributed by atoms with van der Waals surface area (Å²) in [6.07, 6.45) is 7.61. The largest absolute Gasteiger partial charge is 0.309 e. The lowest BCUT2D eigenvalue weighted by Gasteiger charge is -2.17. The zero-order valence-corrected chi connectivity index (χ0v) is 14.5. The van der Waals surface area contributed by atoms with Gasteiger partial charge in [-0.3, -0.25) is 9.97 Å². The molecule has 1 heterocycles. The molecule has 3 rings (SSSR count). The molecule has 0 aliphatic heterocycles. The van der Waals surface area contributed by atoms with Crippen LogP contribution in [0.15, 0.2) is 42.4 Å². The van der Waals surface area contributed by atoms with Gasteiger partial charge in [0.2, 0.25) is 0 Å². The maximum atomic E-state index is 4.54. The molecule has 1 aliphatic carbocycles. The number of fused-ring (bicyclic) bond motifs is 1. The number of nitrogens with zero attached hydrogens (tertiary/aromatic N) is 3. The summed E-state index contributed by atoms with van der Waals surface area (Å²) in [5.74, 6) is 0.282. The van der Waals surface area contributed by atoms with E-state index >= 15 is 0 Å². The Balaban J connectivity index is 2.00. The number of benzene rings is 1. The lowest BCUT2D eigenvalue weighted by Crippen LogP contribution is -2.14.